The Morgan fingerprint density at radius 1 is 1.07 bits per heavy atom. The lowest BCUT2D eigenvalue weighted by molar-refractivity contribution is -0.0493. The second-order valence-corrected chi connectivity index (χ2v) is 13.1. The van der Waals surface area contributed by atoms with Gasteiger partial charge < -0.3 is 5.11 Å². The molecule has 0 aromatic carbocycles. The molecular weight excluding hydrogens is 360 g/mol. The van der Waals surface area contributed by atoms with E-state index in [0.717, 1.165) is 47.7 Å². The van der Waals surface area contributed by atoms with Crippen LogP contribution in [0.1, 0.15) is 92.4 Å². The molecule has 8 atom stereocenters. The van der Waals surface area contributed by atoms with E-state index in [-0.39, 0.29) is 6.10 Å². The first-order valence-electron chi connectivity index (χ1n) is 12.2. The van der Waals surface area contributed by atoms with Crippen LogP contribution in [0.25, 0.3) is 0 Å². The van der Waals surface area contributed by atoms with Gasteiger partial charge >= 0.3 is 0 Å². The van der Waals surface area contributed by atoms with Crippen LogP contribution in [0.5, 0.6) is 0 Å². The number of aliphatic hydroxyl groups is 1. The molecule has 0 heterocycles. The topological polar surface area (TPSA) is 20.2 Å². The number of rotatable bonds is 5. The zero-order valence-corrected chi connectivity index (χ0v) is 19.9. The van der Waals surface area contributed by atoms with Crippen molar-refractivity contribution in [1.29, 1.82) is 0 Å². The first-order chi connectivity index (χ1) is 13.3. The van der Waals surface area contributed by atoms with Gasteiger partial charge in [-0.1, -0.05) is 46.3 Å². The first kappa shape index (κ1) is 21.3. The molecule has 0 saturated heterocycles. The quantitative estimate of drug-likeness (QED) is 0.493. The van der Waals surface area contributed by atoms with Crippen LogP contribution >= 0.6 is 11.8 Å². The zero-order valence-electron chi connectivity index (χ0n) is 19.0. The molecule has 2 heteroatoms. The minimum Gasteiger partial charge on any atom is -0.393 e. The Morgan fingerprint density at radius 2 is 1.86 bits per heavy atom. The second kappa shape index (κ2) is 7.95. The summed E-state index contributed by atoms with van der Waals surface area (Å²) in [4.78, 5) is 0. The fourth-order valence-electron chi connectivity index (χ4n) is 8.06. The number of hydrogen-bond donors (Lipinski definition) is 1. The minimum absolute atomic E-state index is 0.0793. The molecule has 0 unspecified atom stereocenters. The zero-order chi connectivity index (χ0) is 20.1. The van der Waals surface area contributed by atoms with Crippen molar-refractivity contribution in [3.8, 4) is 0 Å². The van der Waals surface area contributed by atoms with E-state index in [1.807, 2.05) is 0 Å². The summed E-state index contributed by atoms with van der Waals surface area (Å²) in [5.41, 5.74) is 2.57. The molecule has 0 bridgehead atoms. The lowest BCUT2D eigenvalue weighted by atomic mass is 9.47. The summed E-state index contributed by atoms with van der Waals surface area (Å²) in [6.07, 6.45) is 14.2. The maximum atomic E-state index is 10.2. The largest absolute Gasteiger partial charge is 0.393 e. The molecule has 4 aliphatic carbocycles. The molecule has 1 N–H and O–H groups in total. The van der Waals surface area contributed by atoms with Crippen LogP contribution in [0.15, 0.2) is 11.6 Å². The summed E-state index contributed by atoms with van der Waals surface area (Å²) in [6, 6.07) is 0. The average molecular weight is 405 g/mol. The molecular formula is C26H44OS. The van der Waals surface area contributed by atoms with Crippen molar-refractivity contribution in [3.63, 3.8) is 0 Å². The smallest absolute Gasteiger partial charge is 0.0577 e. The molecule has 0 spiro atoms. The molecule has 0 amide bonds. The molecule has 28 heavy (non-hydrogen) atoms. The molecule has 3 fully saturated rings. The lowest BCUT2D eigenvalue weighted by Gasteiger charge is -2.58. The molecule has 0 aromatic rings. The molecule has 3 saturated carbocycles. The third-order valence-corrected chi connectivity index (χ3v) is 11.1. The van der Waals surface area contributed by atoms with Gasteiger partial charge in [-0.05, 0) is 104 Å². The lowest BCUT2D eigenvalue weighted by Crippen LogP contribution is -2.51. The monoisotopic (exact) mass is 404 g/mol. The van der Waals surface area contributed by atoms with Gasteiger partial charge in [0.05, 0.1) is 6.10 Å². The minimum atomic E-state index is -0.0793. The van der Waals surface area contributed by atoms with E-state index in [0.29, 0.717) is 10.8 Å². The summed E-state index contributed by atoms with van der Waals surface area (Å²) in [7, 11) is 0. The Labute approximate surface area is 178 Å². The van der Waals surface area contributed by atoms with E-state index in [4.69, 9.17) is 0 Å². The van der Waals surface area contributed by atoms with Crippen LogP contribution in [-0.4, -0.2) is 22.2 Å². The number of thioether (sulfide) groups is 1. The predicted octanol–water partition coefficient (Wildman–Crippen LogP) is 7.09. The van der Waals surface area contributed by atoms with Crippen molar-refractivity contribution in [2.45, 2.75) is 104 Å². The molecule has 1 nitrogen and oxygen atoms in total. The van der Waals surface area contributed by atoms with E-state index in [1.165, 1.54) is 50.7 Å². The van der Waals surface area contributed by atoms with Crippen LogP contribution in [0.4, 0.5) is 0 Å². The Morgan fingerprint density at radius 3 is 2.61 bits per heavy atom. The normalized spacial score (nSPS) is 46.5. The maximum Gasteiger partial charge on any atom is 0.0577 e. The predicted molar refractivity (Wildman–Crippen MR) is 123 cm³/mol. The van der Waals surface area contributed by atoms with Gasteiger partial charge in [-0.25, -0.2) is 0 Å². The summed E-state index contributed by atoms with van der Waals surface area (Å²) in [5, 5.41) is 11.0. The highest BCUT2D eigenvalue weighted by atomic mass is 32.2. The van der Waals surface area contributed by atoms with Crippen molar-refractivity contribution in [1.82, 2.24) is 0 Å². The van der Waals surface area contributed by atoms with Gasteiger partial charge in [0, 0.05) is 5.25 Å². The molecule has 0 aliphatic heterocycles. The SMILES string of the molecule is CC(C)CCS[C@@H](C)[C@H]1CC[C@H]2[C@@H]3CC=C4C[C@@H](O)CC[C@]4(C)[C@H]3CC[C@]12C. The van der Waals surface area contributed by atoms with Crippen LogP contribution in [0, 0.1) is 40.4 Å². The van der Waals surface area contributed by atoms with E-state index < -0.39 is 0 Å². The van der Waals surface area contributed by atoms with Gasteiger partial charge in [0.25, 0.3) is 0 Å². The second-order valence-electron chi connectivity index (χ2n) is 11.6. The van der Waals surface area contributed by atoms with Gasteiger partial charge in [0.15, 0.2) is 0 Å². The fraction of sp³-hybridized carbons (Fsp3) is 0.923. The number of fused-ring (bicyclic) bond motifs is 5. The highest BCUT2D eigenvalue weighted by Crippen LogP contribution is 2.67. The van der Waals surface area contributed by atoms with Gasteiger partial charge in [0.2, 0.25) is 0 Å². The van der Waals surface area contributed by atoms with Gasteiger partial charge in [-0.15, -0.1) is 0 Å². The van der Waals surface area contributed by atoms with Crippen LogP contribution in [-0.2, 0) is 0 Å². The van der Waals surface area contributed by atoms with E-state index in [9.17, 15) is 5.11 Å². The molecule has 4 rings (SSSR count). The standard InChI is InChI=1S/C26H44OS/c1-17(2)12-15-28-18(3)22-8-9-23-21-7-6-19-16-20(27)10-13-25(19,4)24(21)11-14-26(22,23)5/h6,17-18,20-24,27H,7-16H2,1-5H3/t18-,20-,21-,22+,23-,24-,25-,26+/m0/s1. The van der Waals surface area contributed by atoms with Gasteiger partial charge in [0.1, 0.15) is 0 Å². The Bertz CT molecular complexity index is 597. The summed E-state index contributed by atoms with van der Waals surface area (Å²) in [5.74, 6) is 5.81. The third-order valence-electron chi connectivity index (χ3n) is 9.79. The molecule has 0 radical (unpaired) electrons. The van der Waals surface area contributed by atoms with Crippen LogP contribution in [0.3, 0.4) is 0 Å². The average Bonchev–Trinajstić information content (AvgIpc) is 2.99. The van der Waals surface area contributed by atoms with Crippen LogP contribution < -0.4 is 0 Å². The van der Waals surface area contributed by atoms with E-state index in [2.05, 4.69) is 52.5 Å². The summed E-state index contributed by atoms with van der Waals surface area (Å²) in [6.45, 7) is 12.5. The van der Waals surface area contributed by atoms with Crippen molar-refractivity contribution in [2.24, 2.45) is 40.4 Å². The number of aliphatic hydroxyl groups excluding tert-OH is 1. The molecule has 160 valence electrons. The Hall–Kier alpha value is 0.0500. The van der Waals surface area contributed by atoms with Crippen molar-refractivity contribution in [2.75, 3.05) is 5.75 Å². The third kappa shape index (κ3) is 3.53. The highest BCUT2D eigenvalue weighted by Gasteiger charge is 2.59. The Kier molecular flexibility index (Phi) is 6.04. The van der Waals surface area contributed by atoms with Crippen molar-refractivity contribution < 1.29 is 5.11 Å². The van der Waals surface area contributed by atoms with Crippen molar-refractivity contribution in [3.05, 3.63) is 11.6 Å². The number of allylic oxidation sites excluding steroid dienone is 1. The van der Waals surface area contributed by atoms with E-state index >= 15 is 0 Å². The maximum absolute atomic E-state index is 10.2. The van der Waals surface area contributed by atoms with Crippen LogP contribution in [0.2, 0.25) is 0 Å². The van der Waals surface area contributed by atoms with E-state index in [1.54, 1.807) is 5.57 Å². The van der Waals surface area contributed by atoms with Gasteiger partial charge in [-0.3, -0.25) is 0 Å². The van der Waals surface area contributed by atoms with Crippen molar-refractivity contribution >= 4 is 11.8 Å². The molecule has 0 aromatic heterocycles. The van der Waals surface area contributed by atoms with Gasteiger partial charge in [-0.2, -0.15) is 11.8 Å². The summed E-state index contributed by atoms with van der Waals surface area (Å²) >= 11 is 2.26. The highest BCUT2D eigenvalue weighted by molar-refractivity contribution is 7.99. The Balaban J connectivity index is 1.49. The fourth-order valence-corrected chi connectivity index (χ4v) is 9.72. The summed E-state index contributed by atoms with van der Waals surface area (Å²) < 4.78 is 0. The number of hydrogen-bond acceptors (Lipinski definition) is 2. The molecule has 4 aliphatic rings. The first-order valence-corrected chi connectivity index (χ1v) is 13.3.